The molecule has 102 valence electrons. The van der Waals surface area contributed by atoms with Crippen molar-refractivity contribution in [2.75, 3.05) is 0 Å². The summed E-state index contributed by atoms with van der Waals surface area (Å²) in [6.07, 6.45) is 0.626. The number of hydrogen-bond acceptors (Lipinski definition) is 5. The largest absolute Gasteiger partial charge is 0.250 e. The molecule has 0 bridgehead atoms. The molecule has 0 unspecified atom stereocenters. The van der Waals surface area contributed by atoms with Crippen molar-refractivity contribution in [3.63, 3.8) is 0 Å². The Hall–Kier alpha value is -1.30. The first-order valence-corrected chi connectivity index (χ1v) is 7.51. The summed E-state index contributed by atoms with van der Waals surface area (Å²) in [7, 11) is 0. The number of halogens is 2. The molecule has 0 aliphatic carbocycles. The quantitative estimate of drug-likeness (QED) is 0.715. The third kappa shape index (κ3) is 2.61. The van der Waals surface area contributed by atoms with Gasteiger partial charge in [-0.1, -0.05) is 23.2 Å². The lowest BCUT2D eigenvalue weighted by molar-refractivity contribution is 0.946. The van der Waals surface area contributed by atoms with Crippen LogP contribution in [-0.4, -0.2) is 20.2 Å². The Labute approximate surface area is 129 Å². The molecule has 0 aliphatic heterocycles. The van der Waals surface area contributed by atoms with Gasteiger partial charge in [0.05, 0.1) is 32.5 Å². The summed E-state index contributed by atoms with van der Waals surface area (Å²) in [5, 5.41) is 11.0. The lowest BCUT2D eigenvalue weighted by Crippen LogP contribution is -2.00. The van der Waals surface area contributed by atoms with E-state index in [1.54, 1.807) is 23.5 Å². The molecule has 2 heterocycles. The van der Waals surface area contributed by atoms with Gasteiger partial charge in [-0.3, -0.25) is 0 Å². The van der Waals surface area contributed by atoms with Gasteiger partial charge in [-0.05, 0) is 26.0 Å². The number of nitrogens with zero attached hydrogens (tertiary/aromatic N) is 4. The molecule has 7 heteroatoms. The molecule has 0 fully saturated rings. The van der Waals surface area contributed by atoms with Crippen molar-refractivity contribution in [3.8, 4) is 0 Å². The van der Waals surface area contributed by atoms with Crippen LogP contribution >= 0.6 is 34.5 Å². The van der Waals surface area contributed by atoms with Gasteiger partial charge in [0.1, 0.15) is 10.0 Å². The highest BCUT2D eigenvalue weighted by atomic mass is 35.5. The van der Waals surface area contributed by atoms with Gasteiger partial charge in [0.2, 0.25) is 0 Å². The summed E-state index contributed by atoms with van der Waals surface area (Å²) in [6.45, 7) is 3.86. The van der Waals surface area contributed by atoms with Crippen LogP contribution in [0.15, 0.2) is 12.1 Å². The molecule has 1 aromatic carbocycles. The first kappa shape index (κ1) is 13.7. The van der Waals surface area contributed by atoms with Crippen LogP contribution in [0.3, 0.4) is 0 Å². The standard InChI is InChI=1S/C13H10Cl2N4S/c1-6-10(5-13-19-18-7(2)20-13)17-12-4-9(15)8(14)3-11(12)16-6/h3-4H,5H2,1-2H3. The van der Waals surface area contributed by atoms with Gasteiger partial charge < -0.3 is 0 Å². The molecule has 20 heavy (non-hydrogen) atoms. The lowest BCUT2D eigenvalue weighted by atomic mass is 10.2. The second kappa shape index (κ2) is 5.24. The highest BCUT2D eigenvalue weighted by Crippen LogP contribution is 2.27. The van der Waals surface area contributed by atoms with Gasteiger partial charge in [0.15, 0.2) is 0 Å². The topological polar surface area (TPSA) is 51.6 Å². The Morgan fingerprint density at radius 2 is 1.65 bits per heavy atom. The zero-order chi connectivity index (χ0) is 14.3. The minimum atomic E-state index is 0.482. The van der Waals surface area contributed by atoms with Gasteiger partial charge in [0.25, 0.3) is 0 Å². The zero-order valence-electron chi connectivity index (χ0n) is 10.8. The van der Waals surface area contributed by atoms with Crippen LogP contribution in [0.5, 0.6) is 0 Å². The highest BCUT2D eigenvalue weighted by Gasteiger charge is 2.11. The van der Waals surface area contributed by atoms with Crippen molar-refractivity contribution in [2.24, 2.45) is 0 Å². The first-order chi connectivity index (χ1) is 9.52. The van der Waals surface area contributed by atoms with E-state index in [0.29, 0.717) is 16.5 Å². The van der Waals surface area contributed by atoms with Crippen molar-refractivity contribution in [3.05, 3.63) is 43.6 Å². The Morgan fingerprint density at radius 3 is 2.25 bits per heavy atom. The fourth-order valence-corrected chi connectivity index (χ4v) is 2.93. The summed E-state index contributed by atoms with van der Waals surface area (Å²) in [6, 6.07) is 3.47. The maximum Gasteiger partial charge on any atom is 0.123 e. The van der Waals surface area contributed by atoms with E-state index in [1.165, 1.54) is 0 Å². The molecule has 4 nitrogen and oxygen atoms in total. The zero-order valence-corrected chi connectivity index (χ0v) is 13.1. The van der Waals surface area contributed by atoms with Crippen LogP contribution in [0.4, 0.5) is 0 Å². The SMILES string of the molecule is Cc1nnc(Cc2nc3cc(Cl)c(Cl)cc3nc2C)s1. The predicted octanol–water partition coefficient (Wildman–Crippen LogP) is 4.00. The smallest absolute Gasteiger partial charge is 0.123 e. The molecule has 0 N–H and O–H groups in total. The van der Waals surface area contributed by atoms with Crippen LogP contribution in [0.1, 0.15) is 21.4 Å². The Kier molecular flexibility index (Phi) is 3.58. The number of aromatic nitrogens is 4. The van der Waals surface area contributed by atoms with Crippen molar-refractivity contribution in [1.29, 1.82) is 0 Å². The summed E-state index contributed by atoms with van der Waals surface area (Å²) < 4.78 is 0. The van der Waals surface area contributed by atoms with Crippen LogP contribution < -0.4 is 0 Å². The average molecular weight is 325 g/mol. The molecular formula is C13H10Cl2N4S. The summed E-state index contributed by atoms with van der Waals surface area (Å²) in [5.41, 5.74) is 3.23. The number of aryl methyl sites for hydroxylation is 2. The molecular weight excluding hydrogens is 315 g/mol. The van der Waals surface area contributed by atoms with E-state index in [2.05, 4.69) is 20.2 Å². The molecule has 3 rings (SSSR count). The molecule has 0 spiro atoms. The van der Waals surface area contributed by atoms with Gasteiger partial charge >= 0.3 is 0 Å². The number of hydrogen-bond donors (Lipinski definition) is 0. The van der Waals surface area contributed by atoms with Crippen LogP contribution in [-0.2, 0) is 6.42 Å². The van der Waals surface area contributed by atoms with Crippen molar-refractivity contribution < 1.29 is 0 Å². The minimum absolute atomic E-state index is 0.482. The van der Waals surface area contributed by atoms with E-state index < -0.39 is 0 Å². The number of rotatable bonds is 2. The van der Waals surface area contributed by atoms with Crippen LogP contribution in [0.25, 0.3) is 11.0 Å². The van der Waals surface area contributed by atoms with Crippen LogP contribution in [0.2, 0.25) is 10.0 Å². The molecule has 0 aliphatic rings. The lowest BCUT2D eigenvalue weighted by Gasteiger charge is -2.06. The predicted molar refractivity (Wildman–Crippen MR) is 81.7 cm³/mol. The maximum absolute atomic E-state index is 6.02. The molecule has 0 radical (unpaired) electrons. The van der Waals surface area contributed by atoms with Gasteiger partial charge in [0, 0.05) is 6.42 Å². The van der Waals surface area contributed by atoms with E-state index >= 15 is 0 Å². The summed E-state index contributed by atoms with van der Waals surface area (Å²) >= 11 is 13.6. The summed E-state index contributed by atoms with van der Waals surface area (Å²) in [4.78, 5) is 9.15. The van der Waals surface area contributed by atoms with Crippen molar-refractivity contribution in [2.45, 2.75) is 20.3 Å². The fraction of sp³-hybridized carbons (Fsp3) is 0.231. The van der Waals surface area contributed by atoms with Gasteiger partial charge in [-0.25, -0.2) is 9.97 Å². The normalized spacial score (nSPS) is 11.2. The highest BCUT2D eigenvalue weighted by molar-refractivity contribution is 7.11. The number of benzene rings is 1. The number of fused-ring (bicyclic) bond motifs is 1. The summed E-state index contributed by atoms with van der Waals surface area (Å²) in [5.74, 6) is 0. The third-order valence-corrected chi connectivity index (χ3v) is 4.43. The van der Waals surface area contributed by atoms with Crippen LogP contribution in [0, 0.1) is 13.8 Å². The molecule has 3 aromatic rings. The van der Waals surface area contributed by atoms with E-state index in [-0.39, 0.29) is 0 Å². The Bertz CT molecular complexity index is 800. The van der Waals surface area contributed by atoms with Crippen molar-refractivity contribution in [1.82, 2.24) is 20.2 Å². The van der Waals surface area contributed by atoms with E-state index in [9.17, 15) is 0 Å². The van der Waals surface area contributed by atoms with E-state index in [4.69, 9.17) is 23.2 Å². The minimum Gasteiger partial charge on any atom is -0.250 e. The molecule has 2 aromatic heterocycles. The third-order valence-electron chi connectivity index (χ3n) is 2.87. The first-order valence-electron chi connectivity index (χ1n) is 5.94. The maximum atomic E-state index is 6.02. The molecule has 0 saturated carbocycles. The fourth-order valence-electron chi connectivity index (χ4n) is 1.90. The monoisotopic (exact) mass is 324 g/mol. The van der Waals surface area contributed by atoms with E-state index in [0.717, 1.165) is 32.4 Å². The average Bonchev–Trinajstić information content (AvgIpc) is 2.79. The Morgan fingerprint density at radius 1 is 1.00 bits per heavy atom. The Balaban J connectivity index is 2.07. The molecule has 0 atom stereocenters. The second-order valence-corrected chi connectivity index (χ2v) is 6.48. The molecule has 0 amide bonds. The second-order valence-electron chi connectivity index (χ2n) is 4.40. The van der Waals surface area contributed by atoms with Crippen molar-refractivity contribution >= 4 is 45.6 Å². The molecule has 0 saturated heterocycles. The van der Waals surface area contributed by atoms with Gasteiger partial charge in [-0.15, -0.1) is 21.5 Å². The van der Waals surface area contributed by atoms with Gasteiger partial charge in [-0.2, -0.15) is 0 Å². The van der Waals surface area contributed by atoms with E-state index in [1.807, 2.05) is 13.8 Å².